The fraction of sp³-hybridized carbons (Fsp3) is 0.533. The summed E-state index contributed by atoms with van der Waals surface area (Å²) in [6.07, 6.45) is 7.50. The van der Waals surface area contributed by atoms with Crippen LogP contribution < -0.4 is 5.32 Å². The van der Waals surface area contributed by atoms with Crippen LogP contribution in [0.15, 0.2) is 24.5 Å². The average Bonchev–Trinajstić information content (AvgIpc) is 3.04. The Morgan fingerprint density at radius 2 is 2.15 bits per heavy atom. The van der Waals surface area contributed by atoms with E-state index in [-0.39, 0.29) is 0 Å². The number of fused-ring (bicyclic) bond motifs is 1. The molecular weight excluding hydrogens is 274 g/mol. The van der Waals surface area contributed by atoms with Crippen molar-refractivity contribution in [2.75, 3.05) is 13.2 Å². The van der Waals surface area contributed by atoms with Crippen LogP contribution in [0.4, 0.5) is 0 Å². The molecule has 2 aromatic heterocycles. The van der Waals surface area contributed by atoms with Gasteiger partial charge in [0.1, 0.15) is 5.65 Å². The summed E-state index contributed by atoms with van der Waals surface area (Å²) in [5.41, 5.74) is 1.94. The van der Waals surface area contributed by atoms with Crippen molar-refractivity contribution < 1.29 is 5.11 Å². The van der Waals surface area contributed by atoms with Gasteiger partial charge in [-0.3, -0.25) is 0 Å². The zero-order valence-electron chi connectivity index (χ0n) is 11.4. The summed E-state index contributed by atoms with van der Waals surface area (Å²) in [6.45, 7) is 2.03. The normalized spacial score (nSPS) is 22.7. The van der Waals surface area contributed by atoms with Crippen molar-refractivity contribution in [1.82, 2.24) is 14.7 Å². The number of halogens is 1. The first kappa shape index (κ1) is 13.9. The van der Waals surface area contributed by atoms with Crippen LogP contribution in [0.25, 0.3) is 5.65 Å². The van der Waals surface area contributed by atoms with Crippen LogP contribution in [-0.4, -0.2) is 27.6 Å². The second kappa shape index (κ2) is 6.12. The predicted molar refractivity (Wildman–Crippen MR) is 79.8 cm³/mol. The Balaban J connectivity index is 1.57. The molecule has 2 unspecified atom stereocenters. The fourth-order valence-electron chi connectivity index (χ4n) is 3.11. The Bertz CT molecular complexity index is 584. The summed E-state index contributed by atoms with van der Waals surface area (Å²) >= 11 is 5.96. The van der Waals surface area contributed by atoms with E-state index in [0.717, 1.165) is 30.9 Å². The van der Waals surface area contributed by atoms with Crippen molar-refractivity contribution >= 4 is 17.2 Å². The van der Waals surface area contributed by atoms with Crippen LogP contribution in [0.5, 0.6) is 0 Å². The van der Waals surface area contributed by atoms with Gasteiger partial charge < -0.3 is 14.8 Å². The molecule has 2 aromatic rings. The van der Waals surface area contributed by atoms with Crippen molar-refractivity contribution in [2.24, 2.45) is 11.8 Å². The van der Waals surface area contributed by atoms with Gasteiger partial charge in [-0.05, 0) is 43.4 Å². The van der Waals surface area contributed by atoms with E-state index in [9.17, 15) is 5.11 Å². The molecule has 2 heterocycles. The lowest BCUT2D eigenvalue weighted by Gasteiger charge is -2.17. The Labute approximate surface area is 123 Å². The summed E-state index contributed by atoms with van der Waals surface area (Å²) in [5.74, 6) is 1.08. The summed E-state index contributed by atoms with van der Waals surface area (Å²) in [4.78, 5) is 4.55. The minimum atomic E-state index is 0.319. The molecule has 2 N–H and O–H groups in total. The molecule has 1 aliphatic rings. The number of nitrogens with zero attached hydrogens (tertiary/aromatic N) is 2. The van der Waals surface area contributed by atoms with Crippen molar-refractivity contribution in [3.05, 3.63) is 35.2 Å². The molecule has 108 valence electrons. The molecule has 0 bridgehead atoms. The highest BCUT2D eigenvalue weighted by atomic mass is 35.5. The molecular formula is C15H20ClN3O. The van der Waals surface area contributed by atoms with Gasteiger partial charge in [0.2, 0.25) is 0 Å². The standard InChI is InChI=1S/C15H20ClN3O/c16-13-4-5-15-18-14(9-19(15)8-13)7-17-6-11-2-1-3-12(11)10-20/h4-5,8-9,11-12,17,20H,1-3,6-7,10H2. The van der Waals surface area contributed by atoms with E-state index >= 15 is 0 Å². The summed E-state index contributed by atoms with van der Waals surface area (Å²) < 4.78 is 1.95. The van der Waals surface area contributed by atoms with E-state index < -0.39 is 0 Å². The Morgan fingerprint density at radius 1 is 1.30 bits per heavy atom. The molecule has 20 heavy (non-hydrogen) atoms. The number of hydrogen-bond acceptors (Lipinski definition) is 3. The lowest BCUT2D eigenvalue weighted by atomic mass is 9.97. The Morgan fingerprint density at radius 3 is 3.00 bits per heavy atom. The van der Waals surface area contributed by atoms with E-state index in [1.54, 1.807) is 0 Å². The van der Waals surface area contributed by atoms with E-state index in [4.69, 9.17) is 11.6 Å². The van der Waals surface area contributed by atoms with Crippen LogP contribution in [0.2, 0.25) is 5.02 Å². The summed E-state index contributed by atoms with van der Waals surface area (Å²) in [7, 11) is 0. The number of nitrogens with one attached hydrogen (secondary N) is 1. The van der Waals surface area contributed by atoms with E-state index in [1.165, 1.54) is 12.8 Å². The molecule has 1 fully saturated rings. The first-order chi connectivity index (χ1) is 9.76. The quantitative estimate of drug-likeness (QED) is 0.890. The monoisotopic (exact) mass is 293 g/mol. The highest BCUT2D eigenvalue weighted by Gasteiger charge is 2.25. The summed E-state index contributed by atoms with van der Waals surface area (Å²) in [6, 6.07) is 3.77. The number of rotatable bonds is 5. The van der Waals surface area contributed by atoms with E-state index in [0.29, 0.717) is 23.5 Å². The molecule has 0 aliphatic heterocycles. The van der Waals surface area contributed by atoms with Gasteiger partial charge >= 0.3 is 0 Å². The average molecular weight is 294 g/mol. The largest absolute Gasteiger partial charge is 0.396 e. The Hall–Kier alpha value is -1.10. The van der Waals surface area contributed by atoms with Crippen molar-refractivity contribution in [1.29, 1.82) is 0 Å². The molecule has 1 saturated carbocycles. The molecule has 0 spiro atoms. The van der Waals surface area contributed by atoms with Crippen LogP contribution in [0.1, 0.15) is 25.0 Å². The first-order valence-corrected chi connectivity index (χ1v) is 7.59. The molecule has 1 aliphatic carbocycles. The number of pyridine rings is 1. The number of aromatic nitrogens is 2. The smallest absolute Gasteiger partial charge is 0.137 e. The molecule has 5 heteroatoms. The number of aliphatic hydroxyl groups excluding tert-OH is 1. The zero-order valence-corrected chi connectivity index (χ0v) is 12.2. The lowest BCUT2D eigenvalue weighted by molar-refractivity contribution is 0.192. The van der Waals surface area contributed by atoms with Crippen LogP contribution in [-0.2, 0) is 6.54 Å². The molecule has 4 nitrogen and oxygen atoms in total. The third-order valence-electron chi connectivity index (χ3n) is 4.23. The number of imidazole rings is 1. The third kappa shape index (κ3) is 2.97. The molecule has 0 saturated heterocycles. The van der Waals surface area contributed by atoms with Gasteiger partial charge in [0.05, 0.1) is 10.7 Å². The fourth-order valence-corrected chi connectivity index (χ4v) is 3.28. The molecule has 2 atom stereocenters. The van der Waals surface area contributed by atoms with Gasteiger partial charge in [-0.25, -0.2) is 4.98 Å². The Kier molecular flexibility index (Phi) is 4.24. The van der Waals surface area contributed by atoms with Gasteiger partial charge in [0, 0.05) is 25.5 Å². The van der Waals surface area contributed by atoms with Crippen molar-refractivity contribution in [3.8, 4) is 0 Å². The number of hydrogen-bond donors (Lipinski definition) is 2. The van der Waals surface area contributed by atoms with Crippen LogP contribution >= 0.6 is 11.6 Å². The highest BCUT2D eigenvalue weighted by molar-refractivity contribution is 6.30. The maximum atomic E-state index is 9.32. The SMILES string of the molecule is OCC1CCCC1CNCc1cn2cc(Cl)ccc2n1. The second-order valence-electron chi connectivity index (χ2n) is 5.61. The van der Waals surface area contributed by atoms with Gasteiger partial charge in [-0.2, -0.15) is 0 Å². The molecule has 3 rings (SSSR count). The highest BCUT2D eigenvalue weighted by Crippen LogP contribution is 2.30. The van der Waals surface area contributed by atoms with Crippen molar-refractivity contribution in [2.45, 2.75) is 25.8 Å². The third-order valence-corrected chi connectivity index (χ3v) is 4.45. The lowest BCUT2D eigenvalue weighted by Crippen LogP contribution is -2.26. The summed E-state index contributed by atoms with van der Waals surface area (Å²) in [5, 5.41) is 13.5. The van der Waals surface area contributed by atoms with Crippen molar-refractivity contribution in [3.63, 3.8) is 0 Å². The van der Waals surface area contributed by atoms with Crippen LogP contribution in [0, 0.1) is 11.8 Å². The number of aliphatic hydroxyl groups is 1. The van der Waals surface area contributed by atoms with Crippen LogP contribution in [0.3, 0.4) is 0 Å². The molecule has 0 radical (unpaired) electrons. The van der Waals surface area contributed by atoms with E-state index in [2.05, 4.69) is 10.3 Å². The second-order valence-corrected chi connectivity index (χ2v) is 6.05. The molecule has 0 amide bonds. The minimum absolute atomic E-state index is 0.319. The first-order valence-electron chi connectivity index (χ1n) is 7.21. The van der Waals surface area contributed by atoms with Gasteiger partial charge in [0.25, 0.3) is 0 Å². The molecule has 0 aromatic carbocycles. The van der Waals surface area contributed by atoms with E-state index in [1.807, 2.05) is 28.9 Å². The maximum absolute atomic E-state index is 9.32. The van der Waals surface area contributed by atoms with Gasteiger partial charge in [-0.15, -0.1) is 0 Å². The van der Waals surface area contributed by atoms with Gasteiger partial charge in [-0.1, -0.05) is 18.0 Å². The minimum Gasteiger partial charge on any atom is -0.396 e. The topological polar surface area (TPSA) is 49.6 Å². The van der Waals surface area contributed by atoms with Gasteiger partial charge in [0.15, 0.2) is 0 Å². The maximum Gasteiger partial charge on any atom is 0.137 e. The zero-order chi connectivity index (χ0) is 13.9. The predicted octanol–water partition coefficient (Wildman–Crippen LogP) is 2.49.